The van der Waals surface area contributed by atoms with Crippen LogP contribution in [0.3, 0.4) is 0 Å². The maximum absolute atomic E-state index is 13.5. The Labute approximate surface area is 626 Å². The van der Waals surface area contributed by atoms with Crippen LogP contribution in [0.15, 0.2) is 53.8 Å². The van der Waals surface area contributed by atoms with Gasteiger partial charge in [-0.3, -0.25) is 72.2 Å². The number of imidazole rings is 1. The third-order valence-corrected chi connectivity index (χ3v) is 17.5. The number of nitrogens with one attached hydrogen (secondary N) is 7. The average molecular weight is 1610 g/mol. The summed E-state index contributed by atoms with van der Waals surface area (Å²) in [7, 11) is -4.33. The van der Waals surface area contributed by atoms with E-state index in [9.17, 15) is 103 Å². The average Bonchev–Trinajstić information content (AvgIpc) is 1.49. The van der Waals surface area contributed by atoms with Crippen LogP contribution in [0, 0.1) is 13.8 Å². The molecule has 4 aromatic rings. The lowest BCUT2D eigenvalue weighted by atomic mass is 10.1. The zero-order chi connectivity index (χ0) is 81.1. The molecule has 612 valence electrons. The molecule has 5 rings (SSSR count). The number of hydrogen-bond donors (Lipinski definition) is 12. The largest absolute Gasteiger partial charge is 0.494 e. The Morgan fingerprint density at radius 1 is 0.651 bits per heavy atom. The second-order valence-electron chi connectivity index (χ2n) is 23.8. The highest BCUT2D eigenvalue weighted by Crippen LogP contribution is 2.27. The lowest BCUT2D eigenvalue weighted by molar-refractivity contribution is -0.432. The summed E-state index contributed by atoms with van der Waals surface area (Å²) in [6.07, 6.45) is -3.38. The molecule has 1 aliphatic heterocycles. The van der Waals surface area contributed by atoms with Gasteiger partial charge in [-0.25, -0.2) is 18.7 Å². The van der Waals surface area contributed by atoms with E-state index < -0.39 is 94.2 Å². The van der Waals surface area contributed by atoms with Gasteiger partial charge in [-0.15, -0.1) is 4.33 Å². The molecule has 0 unspecified atom stereocenters. The maximum atomic E-state index is 13.5. The van der Waals surface area contributed by atoms with Crippen LogP contribution in [0.5, 0.6) is 5.75 Å². The van der Waals surface area contributed by atoms with Crippen molar-refractivity contribution in [2.45, 2.75) is 95.7 Å². The molecule has 0 aliphatic carbocycles. The van der Waals surface area contributed by atoms with Crippen LogP contribution in [0.2, 0.25) is 0 Å². The molecule has 0 radical (unpaired) electrons. The molecule has 3 heterocycles. The number of Topliss-reactive ketones (excluding diaryl/α,β-unsaturated/α-hetero) is 2. The van der Waals surface area contributed by atoms with Crippen molar-refractivity contribution in [3.8, 4) is 5.75 Å². The molecule has 0 spiro atoms. The molecule has 2 atom stereocenters. The summed E-state index contributed by atoms with van der Waals surface area (Å²) in [5.74, 6) is -12.1. The van der Waals surface area contributed by atoms with Gasteiger partial charge < -0.3 is 70.9 Å². The molecule has 0 saturated carbocycles. The van der Waals surface area contributed by atoms with E-state index in [1.807, 2.05) is 4.68 Å². The van der Waals surface area contributed by atoms with Crippen LogP contribution in [0.4, 0.5) is 32.3 Å². The molecule has 37 nitrogen and oxygen atoms in total. The van der Waals surface area contributed by atoms with Gasteiger partial charge >= 0.3 is 47.8 Å². The number of alkyl halides is 6. The number of aromatic nitrogens is 4. The standard InChI is InChI=1S/C39H56N8O10S.C21H38N6O11S.C4F6O2/c1-4-16-54-19-21-56-22-20-55-17-7-12-40-35(48)8-5-18-57-32-23-28(2)36(29(3)24-32)58(52,53)46-33(38(50)51)27-44-37(49)30-9-10-34-31(25-30)26-45-47(34)15-6-11-41-39-42-13-14-43-39;1-2-22-21(35)16(15-39-38-37-36)23-17(28)11-24-3-5-25(12-18(29)30)7-9-27(14-20(33)34)10-8-26(6-4-24)13-19(31)32;5-3(6,7)1(11)2(12)4(8,9)10/h9-10,13-14,23-26,33,46H,4-8,11-12,15-22,27H2,1-3H3,(H,40,48)(H,44,49)(H,50,51)(H2,41,42,43);16,36H,2-15H2,1H3,(H,22,35)(H,23,28)(H,29,30)(H,31,32)(H,33,34);/t33-;16-;/m01./s1. The first kappa shape index (κ1) is 94.5. The molecule has 12 N–H and O–H groups in total. The number of likely N-dealkylation sites (N-methyl/N-ethyl adjacent to an activating group) is 1. The fourth-order valence-electron chi connectivity index (χ4n) is 10.0. The molecule has 45 heteroatoms. The van der Waals surface area contributed by atoms with Gasteiger partial charge in [0.2, 0.25) is 27.7 Å². The van der Waals surface area contributed by atoms with E-state index in [0.29, 0.717) is 107 Å². The highest BCUT2D eigenvalue weighted by atomic mass is 32.2. The number of ether oxygens (including phenoxy) is 4. The van der Waals surface area contributed by atoms with Crippen LogP contribution >= 0.6 is 12.0 Å². The fraction of sp³-hybridized carbons (Fsp3) is 0.594. The number of benzene rings is 2. The van der Waals surface area contributed by atoms with Gasteiger partial charge in [-0.05, 0) is 87.9 Å². The first-order valence-electron chi connectivity index (χ1n) is 34.0. The summed E-state index contributed by atoms with van der Waals surface area (Å²) in [6, 6.07) is 5.44. The highest BCUT2D eigenvalue weighted by Gasteiger charge is 2.54. The number of fused-ring (bicyclic) bond motifs is 1. The van der Waals surface area contributed by atoms with Crippen molar-refractivity contribution >= 4 is 98.0 Å². The summed E-state index contributed by atoms with van der Waals surface area (Å²) in [6.45, 7) is 13.1. The number of carboxylic acid groups (broad SMARTS) is 4. The number of amides is 4. The van der Waals surface area contributed by atoms with Gasteiger partial charge in [0.1, 0.15) is 17.8 Å². The quantitative estimate of drug-likeness (QED) is 0.00746. The van der Waals surface area contributed by atoms with Gasteiger partial charge in [0.15, 0.2) is 5.95 Å². The SMILES string of the molecule is CCCOCCOCCOCCCNC(=O)CCCOc1cc(C)c(S(=O)(=O)N[C@@H](CNC(=O)c2ccc3c(cnn3CCCNc3ncc[nH]3)c2)C(=O)O)c(C)c1.CCNC(=O)[C@@H](CSOOO)NC(=O)CN1CCN(CC(=O)O)CCN(CC(=O)O)CCN(CC(=O)O)CC1.O=C(C(=O)C(F)(F)F)C(F)(F)F. The minimum Gasteiger partial charge on any atom is -0.494 e. The molecule has 0 bridgehead atoms. The number of halogens is 6. The minimum atomic E-state index is -5.77. The number of carbonyl (C=O) groups is 10. The monoisotopic (exact) mass is 1600 g/mol. The number of sulfonamides is 1. The van der Waals surface area contributed by atoms with Crippen LogP contribution in [-0.4, -0.2) is 314 Å². The molecule has 2 aromatic heterocycles. The normalized spacial score (nSPS) is 14.2. The van der Waals surface area contributed by atoms with E-state index in [4.69, 9.17) is 24.2 Å². The minimum absolute atomic E-state index is 0.0657. The number of hydrogen-bond acceptors (Lipinski definition) is 27. The lowest BCUT2D eigenvalue weighted by Crippen LogP contribution is -2.53. The van der Waals surface area contributed by atoms with Crippen molar-refractivity contribution < 1.29 is 137 Å². The van der Waals surface area contributed by atoms with Gasteiger partial charge in [-0.1, -0.05) is 12.0 Å². The third-order valence-electron chi connectivity index (χ3n) is 15.1. The Morgan fingerprint density at radius 3 is 1.69 bits per heavy atom. The number of aryl methyl sites for hydroxylation is 3. The van der Waals surface area contributed by atoms with Crippen LogP contribution < -0.4 is 36.0 Å². The van der Waals surface area contributed by atoms with E-state index in [2.05, 4.69) is 62.7 Å². The van der Waals surface area contributed by atoms with Crippen molar-refractivity contribution in [3.05, 3.63) is 65.6 Å². The molecule has 1 aliphatic rings. The van der Waals surface area contributed by atoms with Crippen molar-refractivity contribution in [2.75, 3.05) is 162 Å². The van der Waals surface area contributed by atoms with Crippen molar-refractivity contribution in [1.82, 2.24) is 65.3 Å². The van der Waals surface area contributed by atoms with Crippen LogP contribution in [0.1, 0.15) is 67.4 Å². The van der Waals surface area contributed by atoms with E-state index in [0.717, 1.165) is 30.4 Å². The Bertz CT molecular complexity index is 3560. The van der Waals surface area contributed by atoms with Crippen LogP contribution in [-0.2, 0) is 83.3 Å². The lowest BCUT2D eigenvalue weighted by Gasteiger charge is -2.33. The molecular weight excluding hydrogens is 1510 g/mol. The fourth-order valence-corrected chi connectivity index (χ4v) is 12.1. The predicted molar refractivity (Wildman–Crippen MR) is 375 cm³/mol. The maximum Gasteiger partial charge on any atom is 0.458 e. The molecular formula is C64H94F6N14O23S2. The van der Waals surface area contributed by atoms with Crippen LogP contribution in [0.25, 0.3) is 10.9 Å². The molecule has 1 saturated heterocycles. The Hall–Kier alpha value is -8.74. The number of H-pyrrole nitrogens is 1. The number of rotatable bonds is 45. The highest BCUT2D eigenvalue weighted by molar-refractivity contribution is 7.94. The summed E-state index contributed by atoms with van der Waals surface area (Å²) in [5, 5.41) is 68.4. The van der Waals surface area contributed by atoms with Gasteiger partial charge in [0.25, 0.3) is 5.91 Å². The molecule has 4 amide bonds. The van der Waals surface area contributed by atoms with Crippen molar-refractivity contribution in [3.63, 3.8) is 0 Å². The van der Waals surface area contributed by atoms with E-state index in [-0.39, 0.29) is 114 Å². The van der Waals surface area contributed by atoms with Crippen molar-refractivity contribution in [1.29, 1.82) is 0 Å². The molecule has 109 heavy (non-hydrogen) atoms. The number of ketones is 2. The topological polar surface area (TPSA) is 493 Å². The number of anilines is 1. The number of aromatic amines is 1. The van der Waals surface area contributed by atoms with Crippen molar-refractivity contribution in [2.24, 2.45) is 0 Å². The second kappa shape index (κ2) is 50.1. The zero-order valence-corrected chi connectivity index (χ0v) is 61.9. The van der Waals surface area contributed by atoms with E-state index in [1.54, 1.807) is 89.3 Å². The Balaban J connectivity index is 0.000000518. The number of nitrogens with zero attached hydrogens (tertiary/aromatic N) is 7. The second-order valence-corrected chi connectivity index (χ2v) is 26.2. The molecule has 1 fully saturated rings. The first-order valence-corrected chi connectivity index (χ1v) is 36.4. The number of aliphatic carboxylic acids is 4. The number of carbonyl (C=O) groups excluding carboxylic acids is 6. The van der Waals surface area contributed by atoms with Gasteiger partial charge in [-0.2, -0.15) is 36.2 Å². The summed E-state index contributed by atoms with van der Waals surface area (Å²) in [5.41, 5.74) is 1.77. The Kier molecular flexibility index (Phi) is 43.4. The summed E-state index contributed by atoms with van der Waals surface area (Å²) < 4.78 is 124. The Morgan fingerprint density at radius 2 is 1.19 bits per heavy atom. The zero-order valence-electron chi connectivity index (χ0n) is 60.3. The summed E-state index contributed by atoms with van der Waals surface area (Å²) >= 11 is 0.608. The first-order chi connectivity index (χ1) is 51.6. The molecule has 2 aromatic carbocycles. The van der Waals surface area contributed by atoms with Gasteiger partial charge in [0, 0.05) is 140 Å². The van der Waals surface area contributed by atoms with E-state index >= 15 is 0 Å². The smallest absolute Gasteiger partial charge is 0.458 e. The van der Waals surface area contributed by atoms with Gasteiger partial charge in [0.05, 0.1) is 81.6 Å². The predicted octanol–water partition coefficient (Wildman–Crippen LogP) is 1.57. The summed E-state index contributed by atoms with van der Waals surface area (Å²) in [4.78, 5) is 130. The number of carboxylic acids is 4. The van der Waals surface area contributed by atoms with E-state index in [1.165, 1.54) is 0 Å². The third kappa shape index (κ3) is 38.5.